The van der Waals surface area contributed by atoms with Crippen LogP contribution in [-0.2, 0) is 45.2 Å². The molecule has 0 saturated heterocycles. The fourth-order valence-electron chi connectivity index (χ4n) is 9.19. The van der Waals surface area contributed by atoms with Crippen molar-refractivity contribution in [2.45, 2.75) is 87.6 Å². The molecular weight excluding hydrogens is 961 g/mol. The van der Waals surface area contributed by atoms with Crippen molar-refractivity contribution in [3.05, 3.63) is 138 Å². The number of primary amides is 1. The lowest BCUT2D eigenvalue weighted by Gasteiger charge is -2.34. The molecular formula is C55H76N10O8S. The van der Waals surface area contributed by atoms with Gasteiger partial charge in [0.1, 0.15) is 6.54 Å². The lowest BCUT2D eigenvalue weighted by Crippen LogP contribution is -2.53. The number of nitrogens with two attached hydrogens (primary N) is 4. The smallest absolute Gasteiger partial charge is 0.242 e. The van der Waals surface area contributed by atoms with E-state index in [4.69, 9.17) is 22.3 Å². The first-order valence-electron chi connectivity index (χ1n) is 25.7. The molecule has 1 aliphatic rings. The number of hydrogen-bond donors (Lipinski definition) is 5. The summed E-state index contributed by atoms with van der Waals surface area (Å²) >= 11 is 0. The third-order valence-electron chi connectivity index (χ3n) is 13.5. The van der Waals surface area contributed by atoms with Crippen LogP contribution in [0.1, 0.15) is 92.5 Å². The molecule has 0 unspecified atom stereocenters. The number of primary sulfonamides is 1. The highest BCUT2D eigenvalue weighted by Crippen LogP contribution is 2.27. The number of unbranched alkanes of at least 4 members (excludes halogenated alkanes) is 2. The van der Waals surface area contributed by atoms with Crippen LogP contribution in [0.3, 0.4) is 0 Å². The number of carbonyl (C=O) groups is 6. The molecule has 1 saturated carbocycles. The number of nitrogens with zero attached hydrogens (tertiary/aromatic N) is 5. The van der Waals surface area contributed by atoms with Crippen LogP contribution in [0.2, 0.25) is 0 Å². The van der Waals surface area contributed by atoms with Crippen molar-refractivity contribution in [1.29, 1.82) is 0 Å². The Morgan fingerprint density at radius 3 is 1.50 bits per heavy atom. The van der Waals surface area contributed by atoms with E-state index in [-0.39, 0.29) is 81.7 Å². The van der Waals surface area contributed by atoms with Gasteiger partial charge >= 0.3 is 0 Å². The van der Waals surface area contributed by atoms with Gasteiger partial charge in [0, 0.05) is 44.2 Å². The van der Waals surface area contributed by atoms with Crippen molar-refractivity contribution in [3.8, 4) is 0 Å². The Labute approximate surface area is 436 Å². The standard InChI is InChI=1S/C55H76N10O8S/c1-42(44-17-5-2-6-18-44)60-35-51(67)65(47-23-11-12-24-47)41-55(71)63(34-29-43-25-27-48(28-26-43)74(59,72)73)39-54(70)64(36-49(45-19-7-3-8-20-45)46-21-9-4-10-22-46)40-53(69)62(33-16-14-31-57)38-52(68)61(37-50(58)66)32-15-13-30-56/h2-10,17-22,25-28,42,47,49,60H,11-16,23-24,29-41,56-57H2,1H3,(H2,58,66)(H2,59,72,73)/t42-/m1/s1. The molecule has 1 fully saturated rings. The molecule has 74 heavy (non-hydrogen) atoms. The molecule has 5 rings (SSSR count). The molecule has 6 amide bonds. The normalized spacial score (nSPS) is 13.0. The number of amides is 6. The highest BCUT2D eigenvalue weighted by Gasteiger charge is 2.33. The van der Waals surface area contributed by atoms with Gasteiger partial charge in [-0.25, -0.2) is 13.6 Å². The molecule has 400 valence electrons. The van der Waals surface area contributed by atoms with Gasteiger partial charge in [-0.3, -0.25) is 28.8 Å². The minimum absolute atomic E-state index is 0.00254. The van der Waals surface area contributed by atoms with Crippen LogP contribution in [0.5, 0.6) is 0 Å². The number of nitrogens with one attached hydrogen (secondary N) is 1. The molecule has 4 aromatic rings. The average molecular weight is 1040 g/mol. The van der Waals surface area contributed by atoms with E-state index in [2.05, 4.69) is 5.32 Å². The Morgan fingerprint density at radius 1 is 0.568 bits per heavy atom. The van der Waals surface area contributed by atoms with Gasteiger partial charge in [-0.2, -0.15) is 0 Å². The molecule has 19 heteroatoms. The summed E-state index contributed by atoms with van der Waals surface area (Å²) in [6.45, 7) is 1.03. The molecule has 9 N–H and O–H groups in total. The van der Waals surface area contributed by atoms with E-state index >= 15 is 4.79 Å². The molecule has 0 spiro atoms. The minimum Gasteiger partial charge on any atom is -0.368 e. The molecule has 4 aromatic carbocycles. The zero-order valence-electron chi connectivity index (χ0n) is 42.8. The number of hydrogen-bond acceptors (Lipinski definition) is 11. The Morgan fingerprint density at radius 2 is 1.01 bits per heavy atom. The van der Waals surface area contributed by atoms with Crippen molar-refractivity contribution in [1.82, 2.24) is 29.8 Å². The lowest BCUT2D eigenvalue weighted by molar-refractivity contribution is -0.148. The predicted octanol–water partition coefficient (Wildman–Crippen LogP) is 3.11. The maximum atomic E-state index is 15.3. The minimum atomic E-state index is -3.98. The summed E-state index contributed by atoms with van der Waals surface area (Å²) in [5.74, 6) is -3.46. The van der Waals surface area contributed by atoms with Gasteiger partial charge in [0.2, 0.25) is 45.5 Å². The molecule has 1 aliphatic carbocycles. The first-order valence-corrected chi connectivity index (χ1v) is 27.2. The fraction of sp³-hybridized carbons (Fsp3) is 0.455. The summed E-state index contributed by atoms with van der Waals surface area (Å²) in [5, 5.41) is 8.70. The van der Waals surface area contributed by atoms with Crippen molar-refractivity contribution >= 4 is 45.5 Å². The summed E-state index contributed by atoms with van der Waals surface area (Å²) in [4.78, 5) is 92.2. The quantitative estimate of drug-likeness (QED) is 0.0457. The number of benzene rings is 4. The molecule has 0 radical (unpaired) electrons. The second kappa shape index (κ2) is 30.0. The summed E-state index contributed by atoms with van der Waals surface area (Å²) in [6.07, 6.45) is 5.57. The Kier molecular flexibility index (Phi) is 23.7. The predicted molar refractivity (Wildman–Crippen MR) is 285 cm³/mol. The van der Waals surface area contributed by atoms with Gasteiger partial charge in [-0.05, 0) is 99.3 Å². The Hall–Kier alpha value is -6.51. The van der Waals surface area contributed by atoms with E-state index in [1.165, 1.54) is 31.7 Å². The summed E-state index contributed by atoms with van der Waals surface area (Å²) in [7, 11) is -3.98. The third kappa shape index (κ3) is 18.8. The average Bonchev–Trinajstić information content (AvgIpc) is 3.94. The molecule has 1 atom stereocenters. The van der Waals surface area contributed by atoms with Crippen LogP contribution < -0.4 is 27.7 Å². The zero-order valence-corrected chi connectivity index (χ0v) is 43.6. The van der Waals surface area contributed by atoms with E-state index in [0.717, 1.165) is 42.4 Å². The van der Waals surface area contributed by atoms with Crippen LogP contribution in [0, 0.1) is 0 Å². The number of rotatable bonds is 31. The van der Waals surface area contributed by atoms with Gasteiger partial charge < -0.3 is 47.0 Å². The zero-order chi connectivity index (χ0) is 53.5. The second-order valence-electron chi connectivity index (χ2n) is 19.0. The van der Waals surface area contributed by atoms with Crippen LogP contribution in [0.15, 0.2) is 120 Å². The summed E-state index contributed by atoms with van der Waals surface area (Å²) < 4.78 is 24.2. The van der Waals surface area contributed by atoms with Crippen LogP contribution >= 0.6 is 0 Å². The van der Waals surface area contributed by atoms with Gasteiger partial charge in [-0.1, -0.05) is 116 Å². The summed E-state index contributed by atoms with van der Waals surface area (Å²) in [5.41, 5.74) is 20.5. The molecule has 0 aromatic heterocycles. The highest BCUT2D eigenvalue weighted by atomic mass is 32.2. The van der Waals surface area contributed by atoms with Gasteiger partial charge in [0.15, 0.2) is 0 Å². The monoisotopic (exact) mass is 1040 g/mol. The second-order valence-corrected chi connectivity index (χ2v) is 20.5. The maximum absolute atomic E-state index is 15.3. The van der Waals surface area contributed by atoms with Crippen LogP contribution in [0.4, 0.5) is 0 Å². The van der Waals surface area contributed by atoms with Gasteiger partial charge in [0.05, 0.1) is 37.6 Å². The highest BCUT2D eigenvalue weighted by molar-refractivity contribution is 7.89. The topological polar surface area (TPSA) is 269 Å². The van der Waals surface area contributed by atoms with Crippen molar-refractivity contribution in [3.63, 3.8) is 0 Å². The largest absolute Gasteiger partial charge is 0.368 e. The Bertz CT molecular complexity index is 2480. The van der Waals surface area contributed by atoms with Gasteiger partial charge in [-0.15, -0.1) is 0 Å². The molecule has 0 aliphatic heterocycles. The summed E-state index contributed by atoms with van der Waals surface area (Å²) in [6, 6.07) is 34.5. The van der Waals surface area contributed by atoms with E-state index in [0.29, 0.717) is 44.3 Å². The number of sulfonamides is 1. The third-order valence-corrected chi connectivity index (χ3v) is 14.4. The van der Waals surface area contributed by atoms with E-state index < -0.39 is 58.6 Å². The maximum Gasteiger partial charge on any atom is 0.242 e. The van der Waals surface area contributed by atoms with Crippen molar-refractivity contribution in [2.75, 3.05) is 78.5 Å². The SMILES string of the molecule is C[C@@H](NCC(=O)N(CC(=O)N(CCc1ccc(S(N)(=O)=O)cc1)CC(=O)N(CC(=O)N(CCCCN)CC(=O)N(CCCCN)CC(N)=O)CC(c1ccccc1)c1ccccc1)C1CCCC1)c1ccccc1. The first-order chi connectivity index (χ1) is 35.6. The van der Waals surface area contributed by atoms with E-state index in [1.807, 2.05) is 97.9 Å². The van der Waals surface area contributed by atoms with Crippen LogP contribution in [0.25, 0.3) is 0 Å². The lowest BCUT2D eigenvalue weighted by atomic mass is 9.90. The number of carbonyl (C=O) groups excluding carboxylic acids is 6. The van der Waals surface area contributed by atoms with E-state index in [1.54, 1.807) is 17.0 Å². The van der Waals surface area contributed by atoms with Crippen molar-refractivity contribution in [2.24, 2.45) is 22.3 Å². The Balaban J connectivity index is 1.50. The van der Waals surface area contributed by atoms with E-state index in [9.17, 15) is 32.4 Å². The molecule has 0 heterocycles. The van der Waals surface area contributed by atoms with Crippen LogP contribution in [-0.4, -0.2) is 153 Å². The molecule has 0 bridgehead atoms. The first kappa shape index (κ1) is 58.4. The van der Waals surface area contributed by atoms with Crippen molar-refractivity contribution < 1.29 is 37.2 Å². The molecule has 18 nitrogen and oxygen atoms in total. The fourth-order valence-corrected chi connectivity index (χ4v) is 9.71. The van der Waals surface area contributed by atoms with Gasteiger partial charge in [0.25, 0.3) is 0 Å².